The molecule has 8 nitrogen and oxygen atoms in total. The molecule has 0 atom stereocenters. The van der Waals surface area contributed by atoms with Crippen LogP contribution in [-0.4, -0.2) is 41.9 Å². The van der Waals surface area contributed by atoms with E-state index < -0.39 is 0 Å². The normalized spacial score (nSPS) is 14.2. The molecule has 1 aromatic carbocycles. The Morgan fingerprint density at radius 2 is 2.06 bits per heavy atom. The van der Waals surface area contributed by atoms with Crippen molar-refractivity contribution in [1.29, 1.82) is 0 Å². The lowest BCUT2D eigenvalue weighted by molar-refractivity contribution is 0.0947. The number of amides is 1. The molecule has 0 radical (unpaired) electrons. The molecule has 0 unspecified atom stereocenters. The number of pyridine rings is 1. The van der Waals surface area contributed by atoms with E-state index in [-0.39, 0.29) is 30.6 Å². The maximum Gasteiger partial charge on any atom is 0.272 e. The van der Waals surface area contributed by atoms with Gasteiger partial charge >= 0.3 is 0 Å². The van der Waals surface area contributed by atoms with Gasteiger partial charge in [0, 0.05) is 44.0 Å². The second-order valence-electron chi connectivity index (χ2n) is 8.79. The number of aliphatic hydroxyl groups is 1. The Kier molecular flexibility index (Phi) is 6.10. The molecule has 5 rings (SSSR count). The highest BCUT2D eigenvalue weighted by Gasteiger charge is 2.26. The lowest BCUT2D eigenvalue weighted by atomic mass is 10.1. The van der Waals surface area contributed by atoms with Crippen molar-refractivity contribution >= 4 is 16.9 Å². The van der Waals surface area contributed by atoms with Gasteiger partial charge in [-0.15, -0.1) is 0 Å². The van der Waals surface area contributed by atoms with E-state index in [1.54, 1.807) is 30.2 Å². The van der Waals surface area contributed by atoms with Crippen LogP contribution in [0.4, 0.5) is 4.39 Å². The molecule has 1 aliphatic rings. The number of nitrogens with zero attached hydrogens (tertiary/aromatic N) is 5. The Morgan fingerprint density at radius 1 is 1.24 bits per heavy atom. The number of hydrogen-bond donors (Lipinski definition) is 2. The summed E-state index contributed by atoms with van der Waals surface area (Å²) in [6.45, 7) is 0.444. The molecule has 3 aromatic heterocycles. The van der Waals surface area contributed by atoms with Gasteiger partial charge in [0.25, 0.3) is 5.91 Å². The number of carbonyl (C=O) groups excluding carboxylic acids is 1. The van der Waals surface area contributed by atoms with Crippen LogP contribution in [0.1, 0.15) is 53.5 Å². The highest BCUT2D eigenvalue weighted by molar-refractivity contribution is 6.03. The van der Waals surface area contributed by atoms with Gasteiger partial charge in [0.1, 0.15) is 17.2 Å². The number of rotatable bonds is 7. The Balaban J connectivity index is 1.42. The summed E-state index contributed by atoms with van der Waals surface area (Å²) in [7, 11) is 1.80. The van der Waals surface area contributed by atoms with Crippen LogP contribution in [-0.2, 0) is 20.1 Å². The third-order valence-electron chi connectivity index (χ3n) is 6.39. The van der Waals surface area contributed by atoms with E-state index in [2.05, 4.69) is 15.4 Å². The zero-order valence-corrected chi connectivity index (χ0v) is 19.0. The molecule has 9 heteroatoms. The standard InChI is InChI=1S/C25H27FN6O2/c1-31-15-19(14-29-31)18-10-16(11-20(26)12-18)13-28-25(34)22-23-21(6-7-27-22)30-24(32(23)8-9-33)17-4-2-3-5-17/h6-7,10-12,14-15,17,33H,2-5,8-9,13H2,1H3,(H,28,34). The van der Waals surface area contributed by atoms with Crippen molar-refractivity contribution in [2.45, 2.75) is 44.7 Å². The van der Waals surface area contributed by atoms with E-state index in [1.807, 2.05) is 16.8 Å². The van der Waals surface area contributed by atoms with Crippen molar-refractivity contribution < 1.29 is 14.3 Å². The number of nitrogens with one attached hydrogen (secondary N) is 1. The van der Waals surface area contributed by atoms with Crippen molar-refractivity contribution in [1.82, 2.24) is 29.6 Å². The van der Waals surface area contributed by atoms with Crippen molar-refractivity contribution in [3.8, 4) is 11.1 Å². The molecule has 0 spiro atoms. The van der Waals surface area contributed by atoms with Crippen molar-refractivity contribution in [3.63, 3.8) is 0 Å². The van der Waals surface area contributed by atoms with Crippen molar-refractivity contribution in [2.24, 2.45) is 7.05 Å². The van der Waals surface area contributed by atoms with Crippen LogP contribution in [0.5, 0.6) is 0 Å². The van der Waals surface area contributed by atoms with Crippen molar-refractivity contribution in [3.05, 3.63) is 65.8 Å². The molecule has 4 aromatic rings. The van der Waals surface area contributed by atoms with E-state index in [4.69, 9.17) is 4.98 Å². The van der Waals surface area contributed by atoms with Crippen LogP contribution < -0.4 is 5.32 Å². The zero-order valence-electron chi connectivity index (χ0n) is 19.0. The number of aliphatic hydroxyl groups excluding tert-OH is 1. The van der Waals surface area contributed by atoms with Gasteiger partial charge in [-0.3, -0.25) is 9.48 Å². The summed E-state index contributed by atoms with van der Waals surface area (Å²) in [5, 5.41) is 16.7. The van der Waals surface area contributed by atoms with E-state index in [1.165, 1.54) is 12.1 Å². The van der Waals surface area contributed by atoms with Crippen LogP contribution in [0.3, 0.4) is 0 Å². The summed E-state index contributed by atoms with van der Waals surface area (Å²) in [5.74, 6) is 0.491. The van der Waals surface area contributed by atoms with Gasteiger partial charge in [-0.05, 0) is 48.2 Å². The molecule has 1 saturated carbocycles. The minimum Gasteiger partial charge on any atom is -0.395 e. The summed E-state index contributed by atoms with van der Waals surface area (Å²) < 4.78 is 17.9. The highest BCUT2D eigenvalue weighted by Crippen LogP contribution is 2.35. The lowest BCUT2D eigenvalue weighted by Crippen LogP contribution is -2.25. The van der Waals surface area contributed by atoms with Gasteiger partial charge in [0.05, 0.1) is 18.3 Å². The second-order valence-corrected chi connectivity index (χ2v) is 8.79. The quantitative estimate of drug-likeness (QED) is 0.438. The van der Waals surface area contributed by atoms with E-state index >= 15 is 0 Å². The van der Waals surface area contributed by atoms with Crippen LogP contribution in [0.25, 0.3) is 22.2 Å². The highest BCUT2D eigenvalue weighted by atomic mass is 19.1. The molecule has 0 saturated heterocycles. The summed E-state index contributed by atoms with van der Waals surface area (Å²) in [6.07, 6.45) is 9.50. The van der Waals surface area contributed by atoms with Gasteiger partial charge in [-0.25, -0.2) is 14.4 Å². The molecule has 1 fully saturated rings. The molecule has 0 bridgehead atoms. The number of carbonyl (C=O) groups is 1. The number of fused-ring (bicyclic) bond motifs is 1. The van der Waals surface area contributed by atoms with Gasteiger partial charge in [0.15, 0.2) is 5.69 Å². The SMILES string of the molecule is Cn1cc(-c2cc(F)cc(CNC(=O)c3nccc4nc(C5CCCC5)n(CCO)c34)c2)cn1. The number of imidazole rings is 1. The molecular formula is C25H27FN6O2. The molecule has 2 N–H and O–H groups in total. The number of hydrogen-bond acceptors (Lipinski definition) is 5. The largest absolute Gasteiger partial charge is 0.395 e. The number of halogens is 1. The average Bonchev–Trinajstić information content (AvgIpc) is 3.57. The predicted octanol–water partition coefficient (Wildman–Crippen LogP) is 3.55. The van der Waals surface area contributed by atoms with Gasteiger partial charge < -0.3 is 15.0 Å². The Hall–Kier alpha value is -3.59. The van der Waals surface area contributed by atoms with Crippen molar-refractivity contribution in [2.75, 3.05) is 6.61 Å². The van der Waals surface area contributed by atoms with Crippen LogP contribution in [0.15, 0.2) is 42.9 Å². The maximum absolute atomic E-state index is 14.3. The monoisotopic (exact) mass is 462 g/mol. The molecule has 1 amide bonds. The van der Waals surface area contributed by atoms with Gasteiger partial charge in [0.2, 0.25) is 0 Å². The number of benzene rings is 1. The fraction of sp³-hybridized carbons (Fsp3) is 0.360. The first kappa shape index (κ1) is 22.2. The third-order valence-corrected chi connectivity index (χ3v) is 6.39. The fourth-order valence-electron chi connectivity index (χ4n) is 4.84. The molecule has 34 heavy (non-hydrogen) atoms. The fourth-order valence-corrected chi connectivity index (χ4v) is 4.84. The Bertz CT molecular complexity index is 1340. The Morgan fingerprint density at radius 3 is 2.79 bits per heavy atom. The molecule has 1 aliphatic carbocycles. The summed E-state index contributed by atoms with van der Waals surface area (Å²) in [4.78, 5) is 22.3. The van der Waals surface area contributed by atoms with Crippen LogP contribution >= 0.6 is 0 Å². The lowest BCUT2D eigenvalue weighted by Gasteiger charge is -2.13. The van der Waals surface area contributed by atoms with E-state index in [0.29, 0.717) is 34.6 Å². The first-order valence-corrected chi connectivity index (χ1v) is 11.6. The first-order valence-electron chi connectivity index (χ1n) is 11.6. The number of aryl methyl sites for hydroxylation is 1. The van der Waals surface area contributed by atoms with Gasteiger partial charge in [-0.1, -0.05) is 12.8 Å². The van der Waals surface area contributed by atoms with E-state index in [0.717, 1.165) is 37.1 Å². The minimum absolute atomic E-state index is 0.0540. The summed E-state index contributed by atoms with van der Waals surface area (Å²) in [5.41, 5.74) is 3.71. The first-order chi connectivity index (χ1) is 16.5. The van der Waals surface area contributed by atoms with Crippen LogP contribution in [0, 0.1) is 5.82 Å². The minimum atomic E-state index is -0.381. The van der Waals surface area contributed by atoms with E-state index in [9.17, 15) is 14.3 Å². The smallest absolute Gasteiger partial charge is 0.272 e. The predicted molar refractivity (Wildman–Crippen MR) is 126 cm³/mol. The maximum atomic E-state index is 14.3. The van der Waals surface area contributed by atoms with Crippen LogP contribution in [0.2, 0.25) is 0 Å². The topological polar surface area (TPSA) is 97.9 Å². The van der Waals surface area contributed by atoms with Gasteiger partial charge in [-0.2, -0.15) is 5.10 Å². The summed E-state index contributed by atoms with van der Waals surface area (Å²) >= 11 is 0. The third kappa shape index (κ3) is 4.31. The zero-order chi connectivity index (χ0) is 23.7. The Labute approximate surface area is 196 Å². The molecule has 3 heterocycles. The summed E-state index contributed by atoms with van der Waals surface area (Å²) in [6, 6.07) is 6.48. The number of aromatic nitrogens is 5. The average molecular weight is 463 g/mol. The molecular weight excluding hydrogens is 435 g/mol. The second kappa shape index (κ2) is 9.34. The molecule has 0 aliphatic heterocycles. The molecule has 176 valence electrons.